The quantitative estimate of drug-likeness (QED) is 0.806. The fourth-order valence-electron chi connectivity index (χ4n) is 1.87. The van der Waals surface area contributed by atoms with E-state index < -0.39 is 0 Å². The summed E-state index contributed by atoms with van der Waals surface area (Å²) in [4.78, 5) is 22.3. The van der Waals surface area contributed by atoms with Crippen LogP contribution < -0.4 is 15.4 Å². The molecule has 0 fully saturated rings. The molecule has 7 nitrogen and oxygen atoms in total. The number of rotatable bonds is 7. The topological polar surface area (TPSA) is 79.4 Å². The minimum absolute atomic E-state index is 0.185. The zero-order chi connectivity index (χ0) is 16.7. The Hall–Kier alpha value is -2.67. The lowest BCUT2D eigenvalue weighted by atomic mass is 10.3. The molecule has 0 saturated heterocycles. The highest BCUT2D eigenvalue weighted by molar-refractivity contribution is 5.93. The first-order chi connectivity index (χ1) is 11.1. The van der Waals surface area contributed by atoms with E-state index in [0.717, 1.165) is 12.2 Å². The molecule has 0 radical (unpaired) electrons. The maximum absolute atomic E-state index is 11.9. The van der Waals surface area contributed by atoms with Gasteiger partial charge in [-0.25, -0.2) is 9.97 Å². The summed E-state index contributed by atoms with van der Waals surface area (Å²) in [5.41, 5.74) is 1.19. The predicted octanol–water partition coefficient (Wildman–Crippen LogP) is 1.52. The number of nitrogens with zero attached hydrogens (tertiary/aromatic N) is 3. The van der Waals surface area contributed by atoms with E-state index in [2.05, 4.69) is 20.6 Å². The van der Waals surface area contributed by atoms with Crippen LogP contribution >= 0.6 is 0 Å². The van der Waals surface area contributed by atoms with Crippen LogP contribution in [0.25, 0.3) is 0 Å². The van der Waals surface area contributed by atoms with Crippen molar-refractivity contribution in [2.24, 2.45) is 0 Å². The van der Waals surface area contributed by atoms with Gasteiger partial charge in [-0.3, -0.25) is 4.79 Å². The second-order valence-corrected chi connectivity index (χ2v) is 5.18. The summed E-state index contributed by atoms with van der Waals surface area (Å²) in [7, 11) is 5.50. The van der Waals surface area contributed by atoms with Crippen molar-refractivity contribution in [2.45, 2.75) is 0 Å². The standard InChI is InChI=1S/C16H21N5O2/c1-21(2)9-8-17-15(22)12-10-18-16(19-11-12)20-13-6-4-5-7-14(13)23-3/h4-7,10-11H,8-9H2,1-3H3,(H,17,22)(H,18,19,20). The third-order valence-electron chi connectivity index (χ3n) is 3.11. The number of anilines is 2. The number of aromatic nitrogens is 2. The molecule has 0 aliphatic rings. The van der Waals surface area contributed by atoms with Gasteiger partial charge in [0.2, 0.25) is 5.95 Å². The second-order valence-electron chi connectivity index (χ2n) is 5.18. The molecule has 7 heteroatoms. The molecule has 0 bridgehead atoms. The van der Waals surface area contributed by atoms with Gasteiger partial charge < -0.3 is 20.3 Å². The number of methoxy groups -OCH3 is 1. The van der Waals surface area contributed by atoms with Gasteiger partial charge in [-0.05, 0) is 26.2 Å². The Labute approximate surface area is 135 Å². The number of hydrogen-bond acceptors (Lipinski definition) is 6. The Morgan fingerprint density at radius 1 is 1.22 bits per heavy atom. The van der Waals surface area contributed by atoms with E-state index in [1.165, 1.54) is 12.4 Å². The molecular weight excluding hydrogens is 294 g/mol. The van der Waals surface area contributed by atoms with Crippen LogP contribution in [0.5, 0.6) is 5.75 Å². The van der Waals surface area contributed by atoms with E-state index >= 15 is 0 Å². The molecule has 1 aromatic heterocycles. The van der Waals surface area contributed by atoms with Gasteiger partial charge in [0.25, 0.3) is 5.91 Å². The van der Waals surface area contributed by atoms with Crippen LogP contribution in [0.15, 0.2) is 36.7 Å². The summed E-state index contributed by atoms with van der Waals surface area (Å²) >= 11 is 0. The molecule has 2 rings (SSSR count). The summed E-state index contributed by atoms with van der Waals surface area (Å²) in [5.74, 6) is 0.914. The highest BCUT2D eigenvalue weighted by Gasteiger charge is 2.08. The van der Waals surface area contributed by atoms with Crippen molar-refractivity contribution in [1.82, 2.24) is 20.2 Å². The molecule has 0 atom stereocenters. The predicted molar refractivity (Wildman–Crippen MR) is 89.2 cm³/mol. The maximum Gasteiger partial charge on any atom is 0.254 e. The maximum atomic E-state index is 11.9. The first kappa shape index (κ1) is 16.7. The lowest BCUT2D eigenvalue weighted by molar-refractivity contribution is 0.0950. The molecule has 2 N–H and O–H groups in total. The van der Waals surface area contributed by atoms with Gasteiger partial charge in [0.05, 0.1) is 18.4 Å². The molecule has 0 aliphatic heterocycles. The Balaban J connectivity index is 1.98. The molecule has 23 heavy (non-hydrogen) atoms. The first-order valence-electron chi connectivity index (χ1n) is 7.25. The normalized spacial score (nSPS) is 10.4. The second kappa shape index (κ2) is 8.09. The van der Waals surface area contributed by atoms with Crippen LogP contribution in [0.3, 0.4) is 0 Å². The van der Waals surface area contributed by atoms with Gasteiger partial charge in [0, 0.05) is 25.5 Å². The number of amides is 1. The van der Waals surface area contributed by atoms with Crippen molar-refractivity contribution in [3.63, 3.8) is 0 Å². The van der Waals surface area contributed by atoms with Gasteiger partial charge in [0.15, 0.2) is 0 Å². The molecule has 0 spiro atoms. The van der Waals surface area contributed by atoms with E-state index in [1.807, 2.05) is 43.3 Å². The van der Waals surface area contributed by atoms with Gasteiger partial charge in [-0.2, -0.15) is 0 Å². The molecule has 1 aromatic carbocycles. The van der Waals surface area contributed by atoms with Crippen LogP contribution in [0.2, 0.25) is 0 Å². The fourth-order valence-corrected chi connectivity index (χ4v) is 1.87. The Bertz CT molecular complexity index is 643. The largest absolute Gasteiger partial charge is 0.495 e. The summed E-state index contributed by atoms with van der Waals surface area (Å²) in [6, 6.07) is 7.47. The van der Waals surface area contributed by atoms with Crippen molar-refractivity contribution in [1.29, 1.82) is 0 Å². The SMILES string of the molecule is COc1ccccc1Nc1ncc(C(=O)NCCN(C)C)cn1. The smallest absolute Gasteiger partial charge is 0.254 e. The number of ether oxygens (including phenoxy) is 1. The highest BCUT2D eigenvalue weighted by atomic mass is 16.5. The Morgan fingerprint density at radius 3 is 2.57 bits per heavy atom. The van der Waals surface area contributed by atoms with Crippen LogP contribution in [0.1, 0.15) is 10.4 Å². The highest BCUT2D eigenvalue weighted by Crippen LogP contribution is 2.25. The minimum atomic E-state index is -0.185. The van der Waals surface area contributed by atoms with E-state index in [1.54, 1.807) is 7.11 Å². The molecule has 1 heterocycles. The number of likely N-dealkylation sites (N-methyl/N-ethyl adjacent to an activating group) is 1. The lowest BCUT2D eigenvalue weighted by Gasteiger charge is -2.11. The number of hydrogen-bond donors (Lipinski definition) is 2. The lowest BCUT2D eigenvalue weighted by Crippen LogP contribution is -2.31. The Morgan fingerprint density at radius 2 is 1.91 bits per heavy atom. The van der Waals surface area contributed by atoms with Gasteiger partial charge >= 0.3 is 0 Å². The third-order valence-corrected chi connectivity index (χ3v) is 3.11. The van der Waals surface area contributed by atoms with Crippen molar-refractivity contribution >= 4 is 17.5 Å². The average molecular weight is 315 g/mol. The van der Waals surface area contributed by atoms with Gasteiger partial charge in [-0.1, -0.05) is 12.1 Å². The van der Waals surface area contributed by atoms with Crippen molar-refractivity contribution < 1.29 is 9.53 Å². The summed E-state index contributed by atoms with van der Waals surface area (Å²) in [6.45, 7) is 1.35. The van der Waals surface area contributed by atoms with Crippen LogP contribution in [-0.2, 0) is 0 Å². The van der Waals surface area contributed by atoms with E-state index in [-0.39, 0.29) is 5.91 Å². The Kier molecular flexibility index (Phi) is 5.87. The van der Waals surface area contributed by atoms with Gasteiger partial charge in [0.1, 0.15) is 5.75 Å². The molecule has 1 amide bonds. The molecule has 0 unspecified atom stereocenters. The molecule has 0 saturated carbocycles. The third kappa shape index (κ3) is 4.93. The van der Waals surface area contributed by atoms with Crippen molar-refractivity contribution in [3.8, 4) is 5.75 Å². The van der Waals surface area contributed by atoms with E-state index in [9.17, 15) is 4.79 Å². The van der Waals surface area contributed by atoms with Crippen molar-refractivity contribution in [2.75, 3.05) is 39.6 Å². The zero-order valence-electron chi connectivity index (χ0n) is 13.5. The zero-order valence-corrected chi connectivity index (χ0v) is 13.5. The minimum Gasteiger partial charge on any atom is -0.495 e. The number of carbonyl (C=O) groups is 1. The first-order valence-corrected chi connectivity index (χ1v) is 7.25. The summed E-state index contributed by atoms with van der Waals surface area (Å²) in [5, 5.41) is 5.88. The monoisotopic (exact) mass is 315 g/mol. The fraction of sp³-hybridized carbons (Fsp3) is 0.312. The molecule has 0 aliphatic carbocycles. The van der Waals surface area contributed by atoms with E-state index in [4.69, 9.17) is 4.74 Å². The van der Waals surface area contributed by atoms with Crippen molar-refractivity contribution in [3.05, 3.63) is 42.2 Å². The average Bonchev–Trinajstić information content (AvgIpc) is 2.55. The van der Waals surface area contributed by atoms with Crippen LogP contribution in [-0.4, -0.2) is 55.1 Å². The molecular formula is C16H21N5O2. The summed E-state index contributed by atoms with van der Waals surface area (Å²) < 4.78 is 5.26. The summed E-state index contributed by atoms with van der Waals surface area (Å²) in [6.07, 6.45) is 2.99. The van der Waals surface area contributed by atoms with Crippen LogP contribution in [0.4, 0.5) is 11.6 Å². The van der Waals surface area contributed by atoms with Crippen LogP contribution in [0, 0.1) is 0 Å². The number of benzene rings is 1. The molecule has 2 aromatic rings. The number of para-hydroxylation sites is 2. The number of carbonyl (C=O) groups excluding carboxylic acids is 1. The molecule has 122 valence electrons. The number of nitrogens with one attached hydrogen (secondary N) is 2. The van der Waals surface area contributed by atoms with Gasteiger partial charge in [-0.15, -0.1) is 0 Å². The van der Waals surface area contributed by atoms with E-state index in [0.29, 0.717) is 23.8 Å².